The molecule has 158 valence electrons. The number of nitrogens with zero attached hydrogens (tertiary/aromatic N) is 1. The molecule has 0 aliphatic carbocycles. The zero-order chi connectivity index (χ0) is 21.5. The summed E-state index contributed by atoms with van der Waals surface area (Å²) < 4.78 is 10.1. The first-order valence-corrected chi connectivity index (χ1v) is 10.00. The maximum atomic E-state index is 12.6. The van der Waals surface area contributed by atoms with Gasteiger partial charge in [0.2, 0.25) is 5.91 Å². The largest absolute Gasteiger partial charge is 0.468 e. The van der Waals surface area contributed by atoms with Crippen molar-refractivity contribution in [1.29, 1.82) is 0 Å². The van der Waals surface area contributed by atoms with Gasteiger partial charge in [0.1, 0.15) is 6.04 Å². The van der Waals surface area contributed by atoms with Crippen molar-refractivity contribution in [2.24, 2.45) is 0 Å². The summed E-state index contributed by atoms with van der Waals surface area (Å²) in [5, 5.41) is 2.82. The molecule has 0 saturated carbocycles. The Kier molecular flexibility index (Phi) is 7.19. The summed E-state index contributed by atoms with van der Waals surface area (Å²) in [7, 11) is 1.35. The Morgan fingerprint density at radius 3 is 2.53 bits per heavy atom. The van der Waals surface area contributed by atoms with Crippen molar-refractivity contribution in [2.45, 2.75) is 25.8 Å². The van der Waals surface area contributed by atoms with Crippen LogP contribution in [0.25, 0.3) is 0 Å². The van der Waals surface area contributed by atoms with Gasteiger partial charge in [0.05, 0.1) is 25.8 Å². The lowest BCUT2D eigenvalue weighted by atomic mass is 9.92. The fraction of sp³-hybridized carbons (Fsp3) is 0.348. The molecule has 1 aliphatic heterocycles. The van der Waals surface area contributed by atoms with Gasteiger partial charge >= 0.3 is 11.9 Å². The average molecular weight is 410 g/mol. The predicted molar refractivity (Wildman–Crippen MR) is 112 cm³/mol. The summed E-state index contributed by atoms with van der Waals surface area (Å²) >= 11 is 0. The lowest BCUT2D eigenvalue weighted by molar-refractivity contribution is -0.148. The Morgan fingerprint density at radius 2 is 1.83 bits per heavy atom. The van der Waals surface area contributed by atoms with Gasteiger partial charge < -0.3 is 14.8 Å². The van der Waals surface area contributed by atoms with Crippen molar-refractivity contribution in [3.8, 4) is 0 Å². The van der Waals surface area contributed by atoms with Gasteiger partial charge in [-0.1, -0.05) is 31.2 Å². The maximum Gasteiger partial charge on any atom is 0.338 e. The molecule has 1 amide bonds. The SMILES string of the molecule is CCCOC(=O)c1ccc(NC(=O)CN2CCc3ccccc3C2C(=O)OC)cc1. The van der Waals surface area contributed by atoms with E-state index < -0.39 is 6.04 Å². The van der Waals surface area contributed by atoms with Crippen molar-refractivity contribution in [3.63, 3.8) is 0 Å². The number of carbonyl (C=O) groups is 3. The average Bonchev–Trinajstić information content (AvgIpc) is 2.77. The third-order valence-electron chi connectivity index (χ3n) is 5.00. The van der Waals surface area contributed by atoms with Crippen LogP contribution in [0.15, 0.2) is 48.5 Å². The first-order chi connectivity index (χ1) is 14.5. The molecule has 2 aromatic rings. The minimum atomic E-state index is -0.610. The number of carbonyl (C=O) groups excluding carboxylic acids is 3. The summed E-state index contributed by atoms with van der Waals surface area (Å²) in [6.45, 7) is 2.93. The van der Waals surface area contributed by atoms with Gasteiger partial charge in [-0.25, -0.2) is 9.59 Å². The molecule has 0 radical (unpaired) electrons. The highest BCUT2D eigenvalue weighted by atomic mass is 16.5. The van der Waals surface area contributed by atoms with Gasteiger partial charge in [0, 0.05) is 12.2 Å². The third-order valence-corrected chi connectivity index (χ3v) is 5.00. The Morgan fingerprint density at radius 1 is 1.10 bits per heavy atom. The summed E-state index contributed by atoms with van der Waals surface area (Å²) in [6.07, 6.45) is 1.51. The van der Waals surface area contributed by atoms with Gasteiger partial charge in [-0.3, -0.25) is 9.69 Å². The number of anilines is 1. The molecule has 2 aromatic carbocycles. The van der Waals surface area contributed by atoms with Gasteiger partial charge in [0.15, 0.2) is 0 Å². The van der Waals surface area contributed by atoms with E-state index in [4.69, 9.17) is 9.47 Å². The number of amides is 1. The zero-order valence-corrected chi connectivity index (χ0v) is 17.2. The monoisotopic (exact) mass is 410 g/mol. The quantitative estimate of drug-likeness (QED) is 0.707. The van der Waals surface area contributed by atoms with Crippen molar-refractivity contribution < 1.29 is 23.9 Å². The van der Waals surface area contributed by atoms with Crippen molar-refractivity contribution in [2.75, 3.05) is 32.1 Å². The topological polar surface area (TPSA) is 84.9 Å². The summed E-state index contributed by atoms with van der Waals surface area (Å²) in [6, 6.07) is 13.6. The molecular weight excluding hydrogens is 384 g/mol. The van der Waals surface area contributed by atoms with E-state index in [1.165, 1.54) is 7.11 Å². The smallest absolute Gasteiger partial charge is 0.338 e. The molecule has 1 aliphatic rings. The number of methoxy groups -OCH3 is 1. The molecule has 1 atom stereocenters. The molecule has 1 unspecified atom stereocenters. The van der Waals surface area contributed by atoms with Crippen molar-refractivity contribution >= 4 is 23.5 Å². The molecule has 30 heavy (non-hydrogen) atoms. The Labute approximate surface area is 176 Å². The number of fused-ring (bicyclic) bond motifs is 1. The van der Waals surface area contributed by atoms with Gasteiger partial charge in [-0.05, 0) is 48.2 Å². The number of hydrogen-bond acceptors (Lipinski definition) is 6. The van der Waals surface area contributed by atoms with E-state index in [1.54, 1.807) is 24.3 Å². The van der Waals surface area contributed by atoms with Crippen LogP contribution in [0.2, 0.25) is 0 Å². The van der Waals surface area contributed by atoms with E-state index >= 15 is 0 Å². The fourth-order valence-corrected chi connectivity index (χ4v) is 3.53. The Hall–Kier alpha value is -3.19. The van der Waals surface area contributed by atoms with Crippen LogP contribution in [0.1, 0.15) is 40.9 Å². The third kappa shape index (κ3) is 5.04. The normalized spacial score (nSPS) is 15.7. The second-order valence-electron chi connectivity index (χ2n) is 7.11. The Balaban J connectivity index is 1.65. The first kappa shape index (κ1) is 21.5. The minimum absolute atomic E-state index is 0.0500. The molecule has 3 rings (SSSR count). The summed E-state index contributed by atoms with van der Waals surface area (Å²) in [5.74, 6) is -1.02. The van der Waals surface area contributed by atoms with Crippen LogP contribution in [0.4, 0.5) is 5.69 Å². The van der Waals surface area contributed by atoms with Gasteiger partial charge in [-0.15, -0.1) is 0 Å². The van der Waals surface area contributed by atoms with E-state index in [2.05, 4.69) is 5.32 Å². The second kappa shape index (κ2) is 10.0. The number of esters is 2. The lowest BCUT2D eigenvalue weighted by Gasteiger charge is -2.34. The van der Waals surface area contributed by atoms with Crippen LogP contribution in [0.5, 0.6) is 0 Å². The number of rotatable bonds is 7. The zero-order valence-electron chi connectivity index (χ0n) is 17.2. The van der Waals surface area contributed by atoms with Crippen molar-refractivity contribution in [3.05, 3.63) is 65.2 Å². The maximum absolute atomic E-state index is 12.6. The highest BCUT2D eigenvalue weighted by molar-refractivity contribution is 5.94. The molecule has 0 aromatic heterocycles. The lowest BCUT2D eigenvalue weighted by Crippen LogP contribution is -2.44. The molecule has 0 fully saturated rings. The van der Waals surface area contributed by atoms with Crippen LogP contribution in [0, 0.1) is 0 Å². The van der Waals surface area contributed by atoms with E-state index in [1.807, 2.05) is 36.1 Å². The number of ether oxygens (including phenoxy) is 2. The molecule has 1 N–H and O–H groups in total. The fourth-order valence-electron chi connectivity index (χ4n) is 3.53. The Bertz CT molecular complexity index is 910. The molecule has 0 saturated heterocycles. The van der Waals surface area contributed by atoms with E-state index in [9.17, 15) is 14.4 Å². The molecule has 7 heteroatoms. The first-order valence-electron chi connectivity index (χ1n) is 10.00. The van der Waals surface area contributed by atoms with Crippen LogP contribution >= 0.6 is 0 Å². The van der Waals surface area contributed by atoms with Crippen LogP contribution in [0.3, 0.4) is 0 Å². The van der Waals surface area contributed by atoms with Gasteiger partial charge in [0.25, 0.3) is 0 Å². The summed E-state index contributed by atoms with van der Waals surface area (Å²) in [5.41, 5.74) is 2.97. The number of hydrogen-bond donors (Lipinski definition) is 1. The number of benzene rings is 2. The van der Waals surface area contributed by atoms with Gasteiger partial charge in [-0.2, -0.15) is 0 Å². The molecule has 0 bridgehead atoms. The van der Waals surface area contributed by atoms with Crippen LogP contribution < -0.4 is 5.32 Å². The molecule has 7 nitrogen and oxygen atoms in total. The molecule has 0 spiro atoms. The van der Waals surface area contributed by atoms with Crippen LogP contribution in [-0.2, 0) is 25.5 Å². The highest BCUT2D eigenvalue weighted by Gasteiger charge is 2.34. The molecule has 1 heterocycles. The number of nitrogens with one attached hydrogen (secondary N) is 1. The second-order valence-corrected chi connectivity index (χ2v) is 7.11. The molecular formula is C23H26N2O5. The standard InChI is InChI=1S/C23H26N2O5/c1-3-14-30-22(27)17-8-10-18(11-9-17)24-20(26)15-25-13-12-16-6-4-5-7-19(16)21(25)23(28)29-2/h4-11,21H,3,12-15H2,1-2H3,(H,24,26). The van der Waals surface area contributed by atoms with E-state index in [0.717, 1.165) is 24.0 Å². The predicted octanol–water partition coefficient (Wildman–Crippen LogP) is 2.96. The summed E-state index contributed by atoms with van der Waals surface area (Å²) in [4.78, 5) is 38.7. The van der Waals surface area contributed by atoms with E-state index in [0.29, 0.717) is 24.4 Å². The van der Waals surface area contributed by atoms with E-state index in [-0.39, 0.29) is 24.4 Å². The van der Waals surface area contributed by atoms with Crippen LogP contribution in [-0.4, -0.2) is 49.6 Å². The van der Waals surface area contributed by atoms with Crippen molar-refractivity contribution in [1.82, 2.24) is 4.90 Å². The minimum Gasteiger partial charge on any atom is -0.468 e. The highest BCUT2D eigenvalue weighted by Crippen LogP contribution is 2.30.